The normalized spacial score (nSPS) is 27.2. The van der Waals surface area contributed by atoms with Crippen LogP contribution < -0.4 is 10.6 Å². The Morgan fingerprint density at radius 3 is 1.64 bits per heavy atom. The standard InChI is InChI=1S/C23H25I3N2O5/c1-10(29)27-20-17(24)16(18(25)21(19(20)26)28-11(2)30)22(32)33-9-15(31)23-6-12-3-13(7-23)5-14(4-12)8-23/h12-14H,3-9H2,1-2H3,(H,27,29)(H,28,30). The topological polar surface area (TPSA) is 102 Å². The zero-order valence-corrected chi connectivity index (χ0v) is 24.8. The minimum absolute atomic E-state index is 0.0367. The molecule has 1 aromatic carbocycles. The first-order chi connectivity index (χ1) is 15.5. The molecule has 0 aliphatic heterocycles. The molecule has 5 rings (SSSR count). The third-order valence-electron chi connectivity index (χ3n) is 7.09. The summed E-state index contributed by atoms with van der Waals surface area (Å²) in [4.78, 5) is 50.0. The van der Waals surface area contributed by atoms with Gasteiger partial charge >= 0.3 is 5.97 Å². The molecule has 0 atom stereocenters. The largest absolute Gasteiger partial charge is 0.454 e. The number of ketones is 1. The number of Topliss-reactive ketones (excluding diaryl/α,β-unsaturated/α-hetero) is 1. The third-order valence-corrected chi connectivity index (χ3v) is 10.3. The zero-order chi connectivity index (χ0) is 24.1. The molecule has 178 valence electrons. The van der Waals surface area contributed by atoms with Crippen LogP contribution in [0.2, 0.25) is 0 Å². The minimum atomic E-state index is -0.628. The van der Waals surface area contributed by atoms with E-state index in [9.17, 15) is 19.2 Å². The van der Waals surface area contributed by atoms with Gasteiger partial charge in [-0.05, 0) is 124 Å². The fraction of sp³-hybridized carbons (Fsp3) is 0.565. The monoisotopic (exact) mass is 790 g/mol. The maximum atomic E-state index is 13.3. The van der Waals surface area contributed by atoms with Gasteiger partial charge in [0.25, 0.3) is 0 Å². The van der Waals surface area contributed by atoms with Gasteiger partial charge in [-0.15, -0.1) is 0 Å². The minimum Gasteiger partial charge on any atom is -0.454 e. The summed E-state index contributed by atoms with van der Waals surface area (Å²) in [6.07, 6.45) is 6.49. The molecule has 4 saturated carbocycles. The van der Waals surface area contributed by atoms with Crippen LogP contribution in [0.5, 0.6) is 0 Å². The lowest BCUT2D eigenvalue weighted by Crippen LogP contribution is -2.51. The Bertz CT molecular complexity index is 977. The Morgan fingerprint density at radius 1 is 0.818 bits per heavy atom. The van der Waals surface area contributed by atoms with Crippen molar-refractivity contribution in [3.05, 3.63) is 16.3 Å². The summed E-state index contributed by atoms with van der Waals surface area (Å²) in [6, 6.07) is 0. The Hall–Kier alpha value is -0.510. The van der Waals surface area contributed by atoms with Gasteiger partial charge in [0.05, 0.1) is 27.6 Å². The third kappa shape index (κ3) is 5.07. The summed E-state index contributed by atoms with van der Waals surface area (Å²) in [6.45, 7) is 2.52. The molecule has 4 fully saturated rings. The second-order valence-corrected chi connectivity index (χ2v) is 12.9. The highest BCUT2D eigenvalue weighted by Crippen LogP contribution is 2.60. The molecular weight excluding hydrogens is 765 g/mol. The van der Waals surface area contributed by atoms with E-state index in [0.717, 1.165) is 19.3 Å². The Labute approximate surface area is 233 Å². The Kier molecular flexibility index (Phi) is 7.64. The number of hydrogen-bond acceptors (Lipinski definition) is 5. The van der Waals surface area contributed by atoms with E-state index in [-0.39, 0.29) is 35.2 Å². The van der Waals surface area contributed by atoms with Crippen molar-refractivity contribution in [2.45, 2.75) is 52.4 Å². The van der Waals surface area contributed by atoms with Crippen LogP contribution in [0.4, 0.5) is 11.4 Å². The van der Waals surface area contributed by atoms with E-state index in [1.807, 2.05) is 67.8 Å². The van der Waals surface area contributed by atoms with E-state index >= 15 is 0 Å². The van der Waals surface area contributed by atoms with Crippen molar-refractivity contribution in [3.63, 3.8) is 0 Å². The summed E-state index contributed by atoms with van der Waals surface area (Å²) in [5, 5.41) is 5.50. The van der Waals surface area contributed by atoms with E-state index < -0.39 is 5.97 Å². The first-order valence-corrected chi connectivity index (χ1v) is 14.2. The number of hydrogen-bond donors (Lipinski definition) is 2. The molecule has 0 heterocycles. The SMILES string of the molecule is CC(=O)Nc1c(I)c(NC(C)=O)c(I)c(C(=O)OCC(=O)C23CC4CC(CC(C4)C2)C3)c1I. The Morgan fingerprint density at radius 2 is 1.24 bits per heavy atom. The molecule has 7 nitrogen and oxygen atoms in total. The lowest BCUT2D eigenvalue weighted by atomic mass is 9.48. The number of ether oxygens (including phenoxy) is 1. The van der Waals surface area contributed by atoms with Crippen LogP contribution in [-0.4, -0.2) is 30.2 Å². The molecule has 4 aliphatic carbocycles. The molecule has 0 aromatic heterocycles. The maximum Gasteiger partial charge on any atom is 0.340 e. The van der Waals surface area contributed by atoms with Crippen molar-refractivity contribution in [1.82, 2.24) is 0 Å². The molecule has 0 radical (unpaired) electrons. The zero-order valence-electron chi connectivity index (χ0n) is 18.4. The average molecular weight is 790 g/mol. The smallest absolute Gasteiger partial charge is 0.340 e. The van der Waals surface area contributed by atoms with Crippen LogP contribution in [0, 0.1) is 33.9 Å². The van der Waals surface area contributed by atoms with Crippen LogP contribution in [0.3, 0.4) is 0 Å². The lowest BCUT2D eigenvalue weighted by molar-refractivity contribution is -0.147. The predicted molar refractivity (Wildman–Crippen MR) is 149 cm³/mol. The number of carbonyl (C=O) groups is 4. The van der Waals surface area contributed by atoms with E-state index in [4.69, 9.17) is 4.74 Å². The number of nitrogens with one attached hydrogen (secondary N) is 2. The number of anilines is 2. The highest BCUT2D eigenvalue weighted by molar-refractivity contribution is 14.1. The van der Waals surface area contributed by atoms with E-state index in [1.165, 1.54) is 33.1 Å². The van der Waals surface area contributed by atoms with Crippen LogP contribution in [-0.2, 0) is 19.1 Å². The van der Waals surface area contributed by atoms with Gasteiger partial charge in [0.1, 0.15) is 0 Å². The molecular formula is C23H25I3N2O5. The Balaban J connectivity index is 1.58. The average Bonchev–Trinajstić information content (AvgIpc) is 2.71. The molecule has 1 aromatic rings. The lowest BCUT2D eigenvalue weighted by Gasteiger charge is -2.55. The number of amides is 2. The van der Waals surface area contributed by atoms with Crippen molar-refractivity contribution >= 4 is 103 Å². The van der Waals surface area contributed by atoms with Crippen molar-refractivity contribution in [2.24, 2.45) is 23.2 Å². The van der Waals surface area contributed by atoms with Gasteiger partial charge in [-0.25, -0.2) is 4.79 Å². The fourth-order valence-electron chi connectivity index (χ4n) is 6.22. The number of benzene rings is 1. The van der Waals surface area contributed by atoms with Crippen molar-refractivity contribution in [3.8, 4) is 0 Å². The molecule has 2 N–H and O–H groups in total. The van der Waals surface area contributed by atoms with Crippen molar-refractivity contribution in [2.75, 3.05) is 17.2 Å². The van der Waals surface area contributed by atoms with Crippen LogP contribution in [0.1, 0.15) is 62.7 Å². The van der Waals surface area contributed by atoms with Crippen LogP contribution in [0.25, 0.3) is 0 Å². The predicted octanol–water partition coefficient (Wildman–Crippen LogP) is 5.36. The molecule has 33 heavy (non-hydrogen) atoms. The summed E-state index contributed by atoms with van der Waals surface area (Å²) in [5.41, 5.74) is 0.784. The number of carbonyl (C=O) groups excluding carboxylic acids is 4. The molecule has 4 bridgehead atoms. The van der Waals surface area contributed by atoms with Gasteiger partial charge < -0.3 is 15.4 Å². The molecule has 0 unspecified atom stereocenters. The quantitative estimate of drug-likeness (QED) is 0.299. The van der Waals surface area contributed by atoms with E-state index in [0.29, 0.717) is 39.8 Å². The number of halogens is 3. The van der Waals surface area contributed by atoms with Crippen molar-refractivity contribution < 1.29 is 23.9 Å². The maximum absolute atomic E-state index is 13.3. The summed E-state index contributed by atoms with van der Waals surface area (Å²) < 4.78 is 7.22. The fourth-order valence-corrected chi connectivity index (χ4v) is 10.4. The first kappa shape index (κ1) is 25.6. The highest BCUT2D eigenvalue weighted by Gasteiger charge is 2.54. The molecule has 0 spiro atoms. The summed E-state index contributed by atoms with van der Waals surface area (Å²) in [5.74, 6) is 0.721. The van der Waals surface area contributed by atoms with E-state index in [2.05, 4.69) is 10.6 Å². The highest BCUT2D eigenvalue weighted by atomic mass is 127. The second-order valence-electron chi connectivity index (χ2n) is 9.63. The summed E-state index contributed by atoms with van der Waals surface area (Å²) in [7, 11) is 0. The number of rotatable bonds is 6. The molecule has 4 aliphatic rings. The van der Waals surface area contributed by atoms with Gasteiger partial charge in [0.15, 0.2) is 12.4 Å². The number of esters is 1. The van der Waals surface area contributed by atoms with Gasteiger partial charge in [-0.3, -0.25) is 14.4 Å². The van der Waals surface area contributed by atoms with Crippen LogP contribution in [0.15, 0.2) is 0 Å². The summed E-state index contributed by atoms with van der Waals surface area (Å²) >= 11 is 6.03. The second kappa shape index (κ2) is 9.86. The molecule has 0 saturated heterocycles. The van der Waals surface area contributed by atoms with Gasteiger partial charge in [-0.1, -0.05) is 0 Å². The van der Waals surface area contributed by atoms with Crippen LogP contribution >= 0.6 is 67.8 Å². The van der Waals surface area contributed by atoms with Gasteiger partial charge in [0, 0.05) is 19.3 Å². The first-order valence-electron chi connectivity index (χ1n) is 11.0. The van der Waals surface area contributed by atoms with Crippen molar-refractivity contribution in [1.29, 1.82) is 0 Å². The van der Waals surface area contributed by atoms with Gasteiger partial charge in [-0.2, -0.15) is 0 Å². The van der Waals surface area contributed by atoms with Gasteiger partial charge in [0.2, 0.25) is 11.8 Å². The molecule has 2 amide bonds. The van der Waals surface area contributed by atoms with E-state index in [1.54, 1.807) is 0 Å². The molecule has 10 heteroatoms.